The van der Waals surface area contributed by atoms with Gasteiger partial charge >= 0.3 is 0 Å². The van der Waals surface area contributed by atoms with E-state index in [0.29, 0.717) is 46.2 Å². The molecule has 94 valence electrons. The SMILES string of the molecule is N#CSOCCOCCOCCOCCO. The first kappa shape index (κ1) is 15.6. The highest BCUT2D eigenvalue weighted by Crippen LogP contribution is 1.96. The highest BCUT2D eigenvalue weighted by molar-refractivity contribution is 7.99. The number of nitriles is 1. The predicted octanol–water partition coefficient (Wildman–Crippen LogP) is 0.174. The second-order valence-electron chi connectivity index (χ2n) is 2.56. The fourth-order valence-electron chi connectivity index (χ4n) is 0.767. The maximum absolute atomic E-state index is 8.41. The van der Waals surface area contributed by atoms with E-state index in [1.165, 1.54) is 0 Å². The summed E-state index contributed by atoms with van der Waals surface area (Å²) in [5.41, 5.74) is 0. The van der Waals surface area contributed by atoms with Gasteiger partial charge in [-0.1, -0.05) is 0 Å². The number of nitrogens with zero attached hydrogens (tertiary/aromatic N) is 1. The molecule has 0 heterocycles. The van der Waals surface area contributed by atoms with Crippen molar-refractivity contribution >= 4 is 12.0 Å². The molecule has 0 aliphatic rings. The lowest BCUT2D eigenvalue weighted by Crippen LogP contribution is -2.12. The molecule has 16 heavy (non-hydrogen) atoms. The van der Waals surface area contributed by atoms with Gasteiger partial charge in [-0.05, 0) is 0 Å². The van der Waals surface area contributed by atoms with Crippen LogP contribution in [0.2, 0.25) is 0 Å². The highest BCUT2D eigenvalue weighted by atomic mass is 32.2. The van der Waals surface area contributed by atoms with Crippen LogP contribution in [0.15, 0.2) is 0 Å². The van der Waals surface area contributed by atoms with E-state index in [-0.39, 0.29) is 6.61 Å². The van der Waals surface area contributed by atoms with Crippen LogP contribution >= 0.6 is 12.0 Å². The molecule has 0 aliphatic heterocycles. The maximum atomic E-state index is 8.41. The van der Waals surface area contributed by atoms with Crippen molar-refractivity contribution in [3.63, 3.8) is 0 Å². The van der Waals surface area contributed by atoms with E-state index in [4.69, 9.17) is 28.8 Å². The molecule has 0 aliphatic carbocycles. The molecule has 0 saturated carbocycles. The van der Waals surface area contributed by atoms with Gasteiger partial charge in [-0.3, -0.25) is 4.18 Å². The standard InChI is InChI=1S/C9H17NO5S/c10-9-16-15-8-7-14-6-5-13-4-3-12-2-1-11/h11H,1-8H2. The van der Waals surface area contributed by atoms with Crippen molar-refractivity contribution in [2.45, 2.75) is 0 Å². The second-order valence-corrected chi connectivity index (χ2v) is 3.14. The van der Waals surface area contributed by atoms with E-state index in [2.05, 4.69) is 0 Å². The number of hydrogen-bond donors (Lipinski definition) is 1. The normalized spacial score (nSPS) is 10.2. The van der Waals surface area contributed by atoms with Gasteiger partial charge in [-0.2, -0.15) is 5.26 Å². The highest BCUT2D eigenvalue weighted by Gasteiger charge is 1.92. The quantitative estimate of drug-likeness (QED) is 0.301. The van der Waals surface area contributed by atoms with Gasteiger partial charge in [0.2, 0.25) is 0 Å². The van der Waals surface area contributed by atoms with E-state index in [1.54, 1.807) is 5.40 Å². The Morgan fingerprint density at radius 1 is 0.875 bits per heavy atom. The molecule has 6 nitrogen and oxygen atoms in total. The van der Waals surface area contributed by atoms with E-state index in [0.717, 1.165) is 12.0 Å². The first-order chi connectivity index (χ1) is 7.91. The number of aliphatic hydroxyl groups is 1. The second kappa shape index (κ2) is 14.6. The molecule has 0 radical (unpaired) electrons. The zero-order valence-corrected chi connectivity index (χ0v) is 9.91. The zero-order chi connectivity index (χ0) is 11.9. The van der Waals surface area contributed by atoms with Crippen LogP contribution in [-0.4, -0.2) is 58.0 Å². The zero-order valence-electron chi connectivity index (χ0n) is 9.09. The summed E-state index contributed by atoms with van der Waals surface area (Å²) in [4.78, 5) is 0. The molecule has 1 N–H and O–H groups in total. The number of hydrogen-bond acceptors (Lipinski definition) is 7. The van der Waals surface area contributed by atoms with Crippen LogP contribution in [0.25, 0.3) is 0 Å². The summed E-state index contributed by atoms with van der Waals surface area (Å²) in [5.74, 6) is 0. The lowest BCUT2D eigenvalue weighted by atomic mass is 10.7. The minimum absolute atomic E-state index is 0.0316. The summed E-state index contributed by atoms with van der Waals surface area (Å²) < 4.78 is 20.1. The predicted molar refractivity (Wildman–Crippen MR) is 58.7 cm³/mol. The molecule has 0 atom stereocenters. The first-order valence-corrected chi connectivity index (χ1v) is 5.67. The van der Waals surface area contributed by atoms with Crippen LogP contribution in [-0.2, 0) is 18.4 Å². The average Bonchev–Trinajstić information content (AvgIpc) is 2.31. The van der Waals surface area contributed by atoms with Crippen LogP contribution in [0.4, 0.5) is 0 Å². The van der Waals surface area contributed by atoms with E-state index < -0.39 is 0 Å². The molecule has 0 saturated heterocycles. The molecule has 0 rings (SSSR count). The third-order valence-electron chi connectivity index (χ3n) is 1.39. The fourth-order valence-corrected chi connectivity index (χ4v) is 0.971. The van der Waals surface area contributed by atoms with Crippen molar-refractivity contribution in [1.82, 2.24) is 0 Å². The van der Waals surface area contributed by atoms with Gasteiger partial charge in [0.25, 0.3) is 0 Å². The van der Waals surface area contributed by atoms with Crippen molar-refractivity contribution in [2.75, 3.05) is 52.9 Å². The van der Waals surface area contributed by atoms with Gasteiger partial charge in [0.05, 0.1) is 52.9 Å². The Labute approximate surface area is 99.6 Å². The summed E-state index contributed by atoms with van der Waals surface area (Å²) in [6.45, 7) is 3.15. The van der Waals surface area contributed by atoms with Crippen molar-refractivity contribution in [3.05, 3.63) is 0 Å². The minimum atomic E-state index is 0.0316. The monoisotopic (exact) mass is 251 g/mol. The Hall–Kier alpha value is -0.360. The van der Waals surface area contributed by atoms with Gasteiger partial charge < -0.3 is 19.3 Å². The minimum Gasteiger partial charge on any atom is -0.394 e. The van der Waals surface area contributed by atoms with Gasteiger partial charge in [-0.25, -0.2) is 0 Å². The van der Waals surface area contributed by atoms with Crippen LogP contribution in [0, 0.1) is 10.7 Å². The van der Waals surface area contributed by atoms with E-state index in [1.807, 2.05) is 0 Å². The van der Waals surface area contributed by atoms with Crippen molar-refractivity contribution in [2.24, 2.45) is 0 Å². The Morgan fingerprint density at radius 2 is 1.38 bits per heavy atom. The number of thiocyanates is 1. The third kappa shape index (κ3) is 13.6. The lowest BCUT2D eigenvalue weighted by molar-refractivity contribution is 0.00446. The summed E-state index contributed by atoms with van der Waals surface area (Å²) in [5, 5.41) is 18.3. The van der Waals surface area contributed by atoms with Crippen molar-refractivity contribution < 1.29 is 23.5 Å². The number of ether oxygens (including phenoxy) is 3. The molecule has 0 spiro atoms. The first-order valence-electron chi connectivity index (χ1n) is 4.93. The van der Waals surface area contributed by atoms with E-state index >= 15 is 0 Å². The van der Waals surface area contributed by atoms with Crippen LogP contribution in [0.3, 0.4) is 0 Å². The summed E-state index contributed by atoms with van der Waals surface area (Å²) in [6, 6.07) is 0. The molecular weight excluding hydrogens is 234 g/mol. The Balaban J connectivity index is 2.86. The number of rotatable bonds is 12. The molecule has 0 aromatic rings. The van der Waals surface area contributed by atoms with Crippen LogP contribution < -0.4 is 0 Å². The Kier molecular flexibility index (Phi) is 14.3. The van der Waals surface area contributed by atoms with Gasteiger partial charge in [0, 0.05) is 0 Å². The molecule has 7 heteroatoms. The largest absolute Gasteiger partial charge is 0.394 e. The third-order valence-corrected chi connectivity index (χ3v) is 1.75. The Bertz CT molecular complexity index is 176. The molecular formula is C9H17NO5S. The molecule has 0 unspecified atom stereocenters. The average molecular weight is 251 g/mol. The smallest absolute Gasteiger partial charge is 0.163 e. The lowest BCUT2D eigenvalue weighted by Gasteiger charge is -2.05. The van der Waals surface area contributed by atoms with Gasteiger partial charge in [0.1, 0.15) is 12.0 Å². The van der Waals surface area contributed by atoms with Gasteiger partial charge in [-0.15, -0.1) is 0 Å². The molecule has 0 aromatic heterocycles. The topological polar surface area (TPSA) is 80.9 Å². The van der Waals surface area contributed by atoms with Gasteiger partial charge in [0.15, 0.2) is 5.40 Å². The number of aliphatic hydroxyl groups excluding tert-OH is 1. The van der Waals surface area contributed by atoms with Crippen molar-refractivity contribution in [3.8, 4) is 5.40 Å². The maximum Gasteiger partial charge on any atom is 0.163 e. The molecule has 0 bridgehead atoms. The summed E-state index contributed by atoms with van der Waals surface area (Å²) in [6.07, 6.45) is 0. The summed E-state index contributed by atoms with van der Waals surface area (Å²) >= 11 is 0.745. The van der Waals surface area contributed by atoms with Crippen LogP contribution in [0.5, 0.6) is 0 Å². The summed E-state index contributed by atoms with van der Waals surface area (Å²) in [7, 11) is 0. The van der Waals surface area contributed by atoms with Crippen LogP contribution in [0.1, 0.15) is 0 Å². The van der Waals surface area contributed by atoms with Crippen molar-refractivity contribution in [1.29, 1.82) is 5.26 Å². The molecule has 0 aromatic carbocycles. The Morgan fingerprint density at radius 3 is 1.88 bits per heavy atom. The molecule has 0 fully saturated rings. The fraction of sp³-hybridized carbons (Fsp3) is 0.889. The molecule has 0 amide bonds. The van der Waals surface area contributed by atoms with E-state index in [9.17, 15) is 0 Å².